The van der Waals surface area contributed by atoms with Crippen LogP contribution >= 0.6 is 0 Å². The molecule has 0 N–H and O–H groups in total. The third-order valence-electron chi connectivity index (χ3n) is 18.9. The fraction of sp³-hybridized carbons (Fsp3) is 0.380. The first-order valence-corrected chi connectivity index (χ1v) is 29.1. The number of hydrogen-bond donors (Lipinski definition) is 0. The lowest BCUT2D eigenvalue weighted by Crippen LogP contribution is -2.35. The van der Waals surface area contributed by atoms with Crippen LogP contribution in [0.1, 0.15) is 117 Å². The van der Waals surface area contributed by atoms with Gasteiger partial charge in [0.15, 0.2) is 0 Å². The Labute approximate surface area is 463 Å². The predicted octanol–water partition coefficient (Wildman–Crippen LogP) is 16.8. The summed E-state index contributed by atoms with van der Waals surface area (Å²) in [6, 6.07) is 52.2. The van der Waals surface area contributed by atoms with E-state index in [1.807, 2.05) is 48.5 Å². The lowest BCUT2D eigenvalue weighted by molar-refractivity contribution is -0.167. The van der Waals surface area contributed by atoms with Crippen molar-refractivity contribution in [2.45, 2.75) is 124 Å². The maximum Gasteiger partial charge on any atom is 0.310 e. The quantitative estimate of drug-likeness (QED) is 0.0677. The van der Waals surface area contributed by atoms with Crippen molar-refractivity contribution in [3.05, 3.63) is 157 Å². The highest BCUT2D eigenvalue weighted by molar-refractivity contribution is 6.08. The van der Waals surface area contributed by atoms with Crippen LogP contribution in [0.4, 0.5) is 0 Å². The molecular formula is C71H72O8. The summed E-state index contributed by atoms with van der Waals surface area (Å²) in [7, 11) is 0. The van der Waals surface area contributed by atoms with Gasteiger partial charge in [0.25, 0.3) is 0 Å². The van der Waals surface area contributed by atoms with Gasteiger partial charge in [0, 0.05) is 0 Å². The van der Waals surface area contributed by atoms with Gasteiger partial charge in [0.05, 0.1) is 23.7 Å². The molecule has 0 spiro atoms. The highest BCUT2D eigenvalue weighted by Gasteiger charge is 2.52. The molecule has 0 radical (unpaired) electrons. The van der Waals surface area contributed by atoms with Crippen LogP contribution in [0.25, 0.3) is 75.4 Å². The van der Waals surface area contributed by atoms with Gasteiger partial charge in [-0.25, -0.2) is 0 Å². The Morgan fingerprint density at radius 2 is 0.797 bits per heavy atom. The summed E-state index contributed by atoms with van der Waals surface area (Å²) in [5.41, 5.74) is 1.25. The van der Waals surface area contributed by atoms with Gasteiger partial charge in [-0.15, -0.1) is 0 Å². The average Bonchev–Trinajstić information content (AvgIpc) is 4.41. The number of hydrogen-bond acceptors (Lipinski definition) is 8. The van der Waals surface area contributed by atoms with Crippen molar-refractivity contribution in [1.29, 1.82) is 0 Å². The molecule has 4 bridgehead atoms. The van der Waals surface area contributed by atoms with E-state index in [-0.39, 0.29) is 89.5 Å². The van der Waals surface area contributed by atoms with Crippen LogP contribution in [0.5, 0.6) is 0 Å². The summed E-state index contributed by atoms with van der Waals surface area (Å²) >= 11 is 0. The summed E-state index contributed by atoms with van der Waals surface area (Å²) < 4.78 is 23.8. The molecule has 13 rings (SSSR count). The van der Waals surface area contributed by atoms with Crippen molar-refractivity contribution in [1.82, 2.24) is 0 Å². The molecular weight excluding hydrogens is 981 g/mol. The van der Waals surface area contributed by atoms with E-state index >= 15 is 0 Å². The number of rotatable bonds is 12. The minimum absolute atomic E-state index is 0.0471. The van der Waals surface area contributed by atoms with E-state index in [1.54, 1.807) is 0 Å². The molecule has 9 aromatic carbocycles. The monoisotopic (exact) mass is 1050 g/mol. The average molecular weight is 1050 g/mol. The van der Waals surface area contributed by atoms with Gasteiger partial charge in [-0.05, 0) is 255 Å². The van der Waals surface area contributed by atoms with Crippen molar-refractivity contribution in [3.8, 4) is 0 Å². The standard InChI is InChI=1S/C37H36O4.C34H36O4/c1-4-21(2)36(38)41-35-20-32-18-33(35)19-34(32)37(39)40-22(3)23-9-10-26-14-30-16-28-12-24-7-5-6-8-25(24)13-29(28)17-31(30)15-27(26)11-23;1-5-20(2)32(35)37-31-19-27-16-28(31)18-30(27)33(36)38-34(3,4)29-11-10-23-14-24-12-21-8-6-7-9-22(21)13-25(24)15-26(23)17-29/h5-17,21-22,32-35H,4,18-20H2,1-3H3;6-15,17,20,27-28,30-31H,5,16,18-19H2,1-4H3. The molecule has 404 valence electrons. The zero-order chi connectivity index (χ0) is 54.9. The van der Waals surface area contributed by atoms with E-state index in [4.69, 9.17) is 18.9 Å². The zero-order valence-corrected chi connectivity index (χ0v) is 46.6. The molecule has 0 aromatic heterocycles. The second-order valence-corrected chi connectivity index (χ2v) is 24.4. The maximum atomic E-state index is 13.3. The molecule has 0 amide bonds. The molecule has 9 aromatic rings. The third kappa shape index (κ3) is 10.3. The molecule has 4 saturated carbocycles. The van der Waals surface area contributed by atoms with E-state index in [0.717, 1.165) is 73.3 Å². The molecule has 8 nitrogen and oxygen atoms in total. The molecule has 0 aliphatic heterocycles. The van der Waals surface area contributed by atoms with Crippen LogP contribution in [0.3, 0.4) is 0 Å². The molecule has 11 unspecified atom stereocenters. The molecule has 4 aliphatic carbocycles. The van der Waals surface area contributed by atoms with Crippen molar-refractivity contribution in [2.75, 3.05) is 0 Å². The molecule has 4 fully saturated rings. The van der Waals surface area contributed by atoms with Gasteiger partial charge in [0.2, 0.25) is 0 Å². The number of benzene rings is 9. The molecule has 0 heterocycles. The topological polar surface area (TPSA) is 105 Å². The second kappa shape index (κ2) is 21.1. The highest BCUT2D eigenvalue weighted by atomic mass is 16.6. The van der Waals surface area contributed by atoms with Crippen LogP contribution in [0.15, 0.2) is 146 Å². The van der Waals surface area contributed by atoms with Crippen LogP contribution < -0.4 is 0 Å². The van der Waals surface area contributed by atoms with Gasteiger partial charge in [-0.2, -0.15) is 0 Å². The number of esters is 4. The predicted molar refractivity (Wildman–Crippen MR) is 316 cm³/mol. The normalized spacial score (nSPS) is 23.5. The summed E-state index contributed by atoms with van der Waals surface area (Å²) in [5.74, 6) is 0.179. The number of fused-ring (bicyclic) bond motifs is 11. The van der Waals surface area contributed by atoms with E-state index in [0.29, 0.717) is 0 Å². The van der Waals surface area contributed by atoms with Gasteiger partial charge in [-0.1, -0.05) is 100 Å². The number of carbonyl (C=O) groups is 4. The van der Waals surface area contributed by atoms with Crippen molar-refractivity contribution in [2.24, 2.45) is 47.3 Å². The van der Waals surface area contributed by atoms with E-state index in [2.05, 4.69) is 146 Å². The largest absolute Gasteiger partial charge is 0.462 e. The fourth-order valence-electron chi connectivity index (χ4n) is 13.7. The minimum Gasteiger partial charge on any atom is -0.462 e. The molecule has 4 aliphatic rings. The first-order chi connectivity index (χ1) is 38.1. The Bertz CT molecular complexity index is 3870. The Morgan fingerprint density at radius 3 is 1.20 bits per heavy atom. The van der Waals surface area contributed by atoms with Gasteiger partial charge < -0.3 is 18.9 Å². The van der Waals surface area contributed by atoms with Crippen LogP contribution in [-0.2, 0) is 43.7 Å². The first kappa shape index (κ1) is 52.4. The summed E-state index contributed by atoms with van der Waals surface area (Å²) in [5, 5.41) is 16.9. The molecule has 0 saturated heterocycles. The number of ether oxygens (including phenoxy) is 4. The summed E-state index contributed by atoms with van der Waals surface area (Å²) in [6.07, 6.45) is 6.06. The van der Waals surface area contributed by atoms with Gasteiger partial charge >= 0.3 is 23.9 Å². The highest BCUT2D eigenvalue weighted by Crippen LogP contribution is 2.52. The van der Waals surface area contributed by atoms with Crippen LogP contribution in [0.2, 0.25) is 0 Å². The minimum atomic E-state index is -0.742. The Morgan fingerprint density at radius 1 is 0.430 bits per heavy atom. The molecule has 79 heavy (non-hydrogen) atoms. The fourth-order valence-corrected chi connectivity index (χ4v) is 13.7. The van der Waals surface area contributed by atoms with E-state index in [9.17, 15) is 19.2 Å². The van der Waals surface area contributed by atoms with Crippen molar-refractivity contribution < 1.29 is 38.1 Å². The number of carbonyl (C=O) groups excluding carboxylic acids is 4. The Balaban J connectivity index is 0.000000158. The lowest BCUT2D eigenvalue weighted by Gasteiger charge is -2.31. The molecule has 11 atom stereocenters. The summed E-state index contributed by atoms with van der Waals surface area (Å²) in [4.78, 5) is 51.1. The smallest absolute Gasteiger partial charge is 0.310 e. The lowest BCUT2D eigenvalue weighted by atomic mass is 9.86. The van der Waals surface area contributed by atoms with Crippen LogP contribution in [-0.4, -0.2) is 36.1 Å². The van der Waals surface area contributed by atoms with Crippen LogP contribution in [0, 0.1) is 47.3 Å². The van der Waals surface area contributed by atoms with E-state index < -0.39 is 5.60 Å². The zero-order valence-electron chi connectivity index (χ0n) is 46.6. The summed E-state index contributed by atoms with van der Waals surface area (Å²) in [6.45, 7) is 13.7. The van der Waals surface area contributed by atoms with E-state index in [1.165, 1.54) is 64.6 Å². The van der Waals surface area contributed by atoms with Crippen molar-refractivity contribution >= 4 is 99.3 Å². The second-order valence-electron chi connectivity index (χ2n) is 24.4. The maximum absolute atomic E-state index is 13.3. The Kier molecular flexibility index (Phi) is 14.0. The SMILES string of the molecule is CCC(C)C(=O)OC1CC2CC1CC2C(=O)OC(C)(C)c1ccc2cc3cc4ccccc4cc3cc2c1.CCC(C)C(=O)OC1CC2CC1CC2C(=O)OC(C)c1ccc2cc3cc4cc5ccccc5cc4cc3cc2c1. The first-order valence-electron chi connectivity index (χ1n) is 29.1. The molecule has 8 heteroatoms. The van der Waals surface area contributed by atoms with Gasteiger partial charge in [-0.3, -0.25) is 19.2 Å². The third-order valence-corrected chi connectivity index (χ3v) is 18.9. The van der Waals surface area contributed by atoms with Crippen molar-refractivity contribution in [3.63, 3.8) is 0 Å². The van der Waals surface area contributed by atoms with Gasteiger partial charge in [0.1, 0.15) is 23.9 Å². The Hall–Kier alpha value is -7.32.